The Morgan fingerprint density at radius 2 is 1.77 bits per heavy atom. The smallest absolute Gasteiger partial charge is 0.243 e. The molecule has 150 valence electrons. The second kappa shape index (κ2) is 7.16. The van der Waals surface area contributed by atoms with Crippen LogP contribution in [0.15, 0.2) is 72.0 Å². The first kappa shape index (κ1) is 18.7. The molecule has 0 saturated heterocycles. The van der Waals surface area contributed by atoms with Crippen molar-refractivity contribution in [3.8, 4) is 0 Å². The largest absolute Gasteiger partial charge is 0.339 e. The number of nitrogens with one attached hydrogen (secondary N) is 1. The van der Waals surface area contributed by atoms with Crippen molar-refractivity contribution < 1.29 is 8.42 Å². The number of anilines is 2. The highest BCUT2D eigenvalue weighted by Crippen LogP contribution is 2.33. The topological polar surface area (TPSA) is 88.1 Å². The predicted molar refractivity (Wildman–Crippen MR) is 115 cm³/mol. The highest BCUT2D eigenvalue weighted by Gasteiger charge is 2.34. The molecule has 0 atom stereocenters. The van der Waals surface area contributed by atoms with E-state index in [2.05, 4.69) is 20.3 Å². The molecular weight excluding hydrogens is 398 g/mol. The molecule has 1 N–H and O–H groups in total. The summed E-state index contributed by atoms with van der Waals surface area (Å²) >= 11 is 0. The highest BCUT2D eigenvalue weighted by atomic mass is 32.2. The van der Waals surface area contributed by atoms with Gasteiger partial charge >= 0.3 is 0 Å². The van der Waals surface area contributed by atoms with Crippen LogP contribution in [0.25, 0.3) is 10.9 Å². The van der Waals surface area contributed by atoms with Gasteiger partial charge in [-0.2, -0.15) is 4.31 Å². The van der Waals surface area contributed by atoms with Crippen LogP contribution in [-0.4, -0.2) is 27.7 Å². The van der Waals surface area contributed by atoms with E-state index in [-0.39, 0.29) is 13.1 Å². The molecule has 1 aliphatic rings. The molecule has 4 aromatic rings. The monoisotopic (exact) mass is 417 g/mol. The van der Waals surface area contributed by atoms with Gasteiger partial charge < -0.3 is 5.32 Å². The lowest BCUT2D eigenvalue weighted by molar-refractivity contribution is 0.429. The molecule has 1 aliphatic heterocycles. The van der Waals surface area contributed by atoms with Crippen LogP contribution in [0, 0.1) is 6.92 Å². The standard InChI is InChI=1S/C22H19N5O2S/c1-15-6-2-5-9-21(15)30(28,29)27-12-18-20(13-27)24-14-25-22(18)26-17-10-16-7-3-4-8-19(16)23-11-17/h2-11,14H,12-13H2,1H3,(H,24,25,26). The van der Waals surface area contributed by atoms with E-state index in [1.807, 2.05) is 36.4 Å². The average molecular weight is 417 g/mol. The van der Waals surface area contributed by atoms with Crippen LogP contribution < -0.4 is 5.32 Å². The number of rotatable bonds is 4. The fraction of sp³-hybridized carbons (Fsp3) is 0.136. The Morgan fingerprint density at radius 1 is 0.967 bits per heavy atom. The lowest BCUT2D eigenvalue weighted by atomic mass is 10.2. The Hall–Kier alpha value is -3.36. The van der Waals surface area contributed by atoms with Crippen molar-refractivity contribution in [1.29, 1.82) is 0 Å². The summed E-state index contributed by atoms with van der Waals surface area (Å²) in [6.45, 7) is 2.24. The molecule has 0 saturated carbocycles. The van der Waals surface area contributed by atoms with Crippen LogP contribution in [0.4, 0.5) is 11.5 Å². The number of aryl methyl sites for hydroxylation is 1. The summed E-state index contributed by atoms with van der Waals surface area (Å²) in [5.74, 6) is 0.597. The first-order valence-electron chi connectivity index (χ1n) is 9.53. The maximum absolute atomic E-state index is 13.2. The van der Waals surface area contributed by atoms with E-state index in [0.717, 1.165) is 27.7 Å². The maximum atomic E-state index is 13.2. The summed E-state index contributed by atoms with van der Waals surface area (Å²) in [4.78, 5) is 13.5. The van der Waals surface area contributed by atoms with E-state index < -0.39 is 10.0 Å². The van der Waals surface area contributed by atoms with Gasteiger partial charge in [0.15, 0.2) is 0 Å². The summed E-state index contributed by atoms with van der Waals surface area (Å²) < 4.78 is 27.8. The molecule has 3 heterocycles. The number of benzene rings is 2. The fourth-order valence-electron chi connectivity index (χ4n) is 3.69. The second-order valence-electron chi connectivity index (χ2n) is 7.23. The SMILES string of the molecule is Cc1ccccc1S(=O)(=O)N1Cc2ncnc(Nc3cnc4ccccc4c3)c2C1. The minimum atomic E-state index is -3.63. The molecule has 0 fully saturated rings. The van der Waals surface area contributed by atoms with E-state index in [9.17, 15) is 8.42 Å². The minimum Gasteiger partial charge on any atom is -0.339 e. The molecule has 0 spiro atoms. The van der Waals surface area contributed by atoms with Crippen molar-refractivity contribution in [3.05, 3.63) is 83.9 Å². The Labute approximate surface area is 174 Å². The normalized spacial score (nSPS) is 14.0. The van der Waals surface area contributed by atoms with Gasteiger partial charge in [0.05, 0.1) is 34.5 Å². The molecular formula is C22H19N5O2S. The number of nitrogens with zero attached hydrogens (tertiary/aromatic N) is 4. The number of aromatic nitrogens is 3. The van der Waals surface area contributed by atoms with Crippen molar-refractivity contribution in [1.82, 2.24) is 19.3 Å². The van der Waals surface area contributed by atoms with Crippen molar-refractivity contribution >= 4 is 32.4 Å². The Bertz CT molecular complexity index is 1370. The van der Waals surface area contributed by atoms with Gasteiger partial charge in [0.1, 0.15) is 12.1 Å². The molecule has 2 aromatic carbocycles. The number of para-hydroxylation sites is 1. The first-order chi connectivity index (χ1) is 14.5. The van der Waals surface area contributed by atoms with Crippen LogP contribution in [0.5, 0.6) is 0 Å². The van der Waals surface area contributed by atoms with Crippen molar-refractivity contribution in [2.75, 3.05) is 5.32 Å². The number of pyridine rings is 1. The van der Waals surface area contributed by atoms with Gasteiger partial charge in [-0.25, -0.2) is 18.4 Å². The van der Waals surface area contributed by atoms with Gasteiger partial charge in [-0.3, -0.25) is 4.98 Å². The van der Waals surface area contributed by atoms with Gasteiger partial charge in [-0.1, -0.05) is 36.4 Å². The molecule has 2 aromatic heterocycles. The summed E-state index contributed by atoms with van der Waals surface area (Å²) in [6, 6.07) is 16.9. The van der Waals surface area contributed by atoms with Gasteiger partial charge in [0.25, 0.3) is 0 Å². The molecule has 0 unspecified atom stereocenters. The average Bonchev–Trinajstić information content (AvgIpc) is 3.20. The minimum absolute atomic E-state index is 0.218. The number of hydrogen-bond acceptors (Lipinski definition) is 6. The lowest BCUT2D eigenvalue weighted by Gasteiger charge is -2.17. The molecule has 0 aliphatic carbocycles. The van der Waals surface area contributed by atoms with Crippen molar-refractivity contribution in [2.24, 2.45) is 0 Å². The second-order valence-corrected chi connectivity index (χ2v) is 9.13. The molecule has 30 heavy (non-hydrogen) atoms. The van der Waals surface area contributed by atoms with Gasteiger partial charge in [-0.05, 0) is 30.7 Å². The van der Waals surface area contributed by atoms with Crippen LogP contribution in [0.2, 0.25) is 0 Å². The summed E-state index contributed by atoms with van der Waals surface area (Å²) in [5.41, 5.74) is 3.91. The van der Waals surface area contributed by atoms with E-state index in [4.69, 9.17) is 0 Å². The zero-order valence-corrected chi connectivity index (χ0v) is 17.1. The van der Waals surface area contributed by atoms with Crippen molar-refractivity contribution in [3.63, 3.8) is 0 Å². The number of hydrogen-bond donors (Lipinski definition) is 1. The Kier molecular flexibility index (Phi) is 4.45. The summed E-state index contributed by atoms with van der Waals surface area (Å²) in [7, 11) is -3.63. The molecule has 7 nitrogen and oxygen atoms in total. The number of sulfonamides is 1. The van der Waals surface area contributed by atoms with E-state index in [0.29, 0.717) is 16.4 Å². The summed E-state index contributed by atoms with van der Waals surface area (Å²) in [6.07, 6.45) is 3.20. The first-order valence-corrected chi connectivity index (χ1v) is 11.0. The van der Waals surface area contributed by atoms with Crippen LogP contribution >= 0.6 is 0 Å². The number of fused-ring (bicyclic) bond motifs is 2. The van der Waals surface area contributed by atoms with E-state index in [1.165, 1.54) is 10.6 Å². The van der Waals surface area contributed by atoms with Crippen LogP contribution in [-0.2, 0) is 23.1 Å². The molecule has 0 amide bonds. The lowest BCUT2D eigenvalue weighted by Crippen LogP contribution is -2.26. The Morgan fingerprint density at radius 3 is 2.63 bits per heavy atom. The highest BCUT2D eigenvalue weighted by molar-refractivity contribution is 7.89. The third-order valence-electron chi connectivity index (χ3n) is 5.26. The predicted octanol–water partition coefficient (Wildman–Crippen LogP) is 3.78. The third-order valence-corrected chi connectivity index (χ3v) is 7.21. The molecule has 0 bridgehead atoms. The zero-order valence-electron chi connectivity index (χ0n) is 16.3. The Balaban J connectivity index is 1.46. The van der Waals surface area contributed by atoms with E-state index >= 15 is 0 Å². The van der Waals surface area contributed by atoms with E-state index in [1.54, 1.807) is 31.3 Å². The quantitative estimate of drug-likeness (QED) is 0.544. The summed E-state index contributed by atoms with van der Waals surface area (Å²) in [5, 5.41) is 4.30. The van der Waals surface area contributed by atoms with Crippen molar-refractivity contribution in [2.45, 2.75) is 24.9 Å². The maximum Gasteiger partial charge on any atom is 0.243 e. The fourth-order valence-corrected chi connectivity index (χ4v) is 5.28. The third kappa shape index (κ3) is 3.20. The van der Waals surface area contributed by atoms with Crippen LogP contribution in [0.1, 0.15) is 16.8 Å². The molecule has 8 heteroatoms. The molecule has 5 rings (SSSR count). The van der Waals surface area contributed by atoms with Gasteiger partial charge in [0.2, 0.25) is 10.0 Å². The molecule has 0 radical (unpaired) electrons. The zero-order chi connectivity index (χ0) is 20.7. The van der Waals surface area contributed by atoms with Crippen LogP contribution in [0.3, 0.4) is 0 Å². The van der Waals surface area contributed by atoms with Gasteiger partial charge in [0, 0.05) is 17.5 Å². The van der Waals surface area contributed by atoms with Gasteiger partial charge in [-0.15, -0.1) is 0 Å².